The minimum absolute atomic E-state index is 0.779. The number of hydrogen-bond acceptors (Lipinski definition) is 2. The quantitative estimate of drug-likeness (QED) is 0.651. The molecule has 1 unspecified atom stereocenters. The molecule has 1 aliphatic heterocycles. The van der Waals surface area contributed by atoms with Crippen molar-refractivity contribution < 1.29 is 0 Å². The minimum Gasteiger partial charge on any atom is -0.366 e. The van der Waals surface area contributed by atoms with Crippen molar-refractivity contribution in [2.75, 3.05) is 40.8 Å². The molecular formula is C9H19N3S. The van der Waals surface area contributed by atoms with Gasteiger partial charge in [-0.15, -0.1) is 0 Å². The molecule has 1 heterocycles. The van der Waals surface area contributed by atoms with Crippen LogP contribution in [0.4, 0.5) is 0 Å². The Bertz CT molecular complexity index is 184. The van der Waals surface area contributed by atoms with Crippen LogP contribution < -0.4 is 5.32 Å². The van der Waals surface area contributed by atoms with E-state index in [1.165, 1.54) is 19.5 Å². The summed E-state index contributed by atoms with van der Waals surface area (Å²) in [4.78, 5) is 4.50. The molecule has 0 aliphatic carbocycles. The van der Waals surface area contributed by atoms with Gasteiger partial charge in [0.25, 0.3) is 0 Å². The van der Waals surface area contributed by atoms with Gasteiger partial charge in [-0.05, 0) is 38.1 Å². The van der Waals surface area contributed by atoms with E-state index < -0.39 is 0 Å². The summed E-state index contributed by atoms with van der Waals surface area (Å²) in [5.74, 6) is 0.779. The van der Waals surface area contributed by atoms with Gasteiger partial charge in [0.05, 0.1) is 0 Å². The van der Waals surface area contributed by atoms with Crippen LogP contribution in [-0.4, -0.2) is 55.7 Å². The highest BCUT2D eigenvalue weighted by Gasteiger charge is 2.21. The summed E-state index contributed by atoms with van der Waals surface area (Å²) in [6, 6.07) is 0. The Morgan fingerprint density at radius 2 is 2.38 bits per heavy atom. The van der Waals surface area contributed by atoms with Crippen molar-refractivity contribution in [3.8, 4) is 0 Å². The second kappa shape index (κ2) is 4.77. The minimum atomic E-state index is 0.779. The summed E-state index contributed by atoms with van der Waals surface area (Å²) in [6.45, 7) is 3.51. The normalized spacial score (nSPS) is 23.2. The van der Waals surface area contributed by atoms with Gasteiger partial charge in [0.15, 0.2) is 5.11 Å². The molecule has 13 heavy (non-hydrogen) atoms. The second-order valence-corrected chi connectivity index (χ2v) is 4.24. The van der Waals surface area contributed by atoms with Crippen LogP contribution in [0.2, 0.25) is 0 Å². The molecule has 0 radical (unpaired) electrons. The zero-order valence-corrected chi connectivity index (χ0v) is 9.52. The first-order valence-corrected chi connectivity index (χ1v) is 5.15. The Labute approximate surface area is 86.1 Å². The van der Waals surface area contributed by atoms with Crippen molar-refractivity contribution in [1.29, 1.82) is 0 Å². The van der Waals surface area contributed by atoms with Gasteiger partial charge in [0.2, 0.25) is 0 Å². The summed E-state index contributed by atoms with van der Waals surface area (Å²) < 4.78 is 0. The van der Waals surface area contributed by atoms with Gasteiger partial charge in [0, 0.05) is 27.2 Å². The molecule has 1 rings (SSSR count). The molecule has 1 N–H and O–H groups in total. The number of hydrogen-bond donors (Lipinski definition) is 1. The average Bonchev–Trinajstić information content (AvgIpc) is 2.49. The first-order valence-electron chi connectivity index (χ1n) is 4.75. The third-order valence-electron chi connectivity index (χ3n) is 2.58. The fourth-order valence-corrected chi connectivity index (χ4v) is 1.91. The van der Waals surface area contributed by atoms with Crippen LogP contribution in [0.1, 0.15) is 6.42 Å². The molecule has 0 amide bonds. The van der Waals surface area contributed by atoms with E-state index in [0.29, 0.717) is 0 Å². The smallest absolute Gasteiger partial charge is 0.168 e. The third kappa shape index (κ3) is 3.12. The Balaban J connectivity index is 2.28. The van der Waals surface area contributed by atoms with Crippen molar-refractivity contribution in [2.24, 2.45) is 5.92 Å². The zero-order valence-electron chi connectivity index (χ0n) is 8.71. The lowest BCUT2D eigenvalue weighted by atomic mass is 10.1. The first kappa shape index (κ1) is 10.7. The molecule has 1 saturated heterocycles. The van der Waals surface area contributed by atoms with Crippen molar-refractivity contribution in [2.45, 2.75) is 6.42 Å². The summed E-state index contributed by atoms with van der Waals surface area (Å²) in [5.41, 5.74) is 0. The molecule has 0 aromatic rings. The second-order valence-electron chi connectivity index (χ2n) is 3.85. The van der Waals surface area contributed by atoms with E-state index in [0.717, 1.165) is 17.6 Å². The lowest BCUT2D eigenvalue weighted by molar-refractivity contribution is 0.354. The lowest BCUT2D eigenvalue weighted by Crippen LogP contribution is -2.38. The SMILES string of the molecule is CNC(=S)N(C)CC1CCN(C)C1. The number of rotatable bonds is 2. The van der Waals surface area contributed by atoms with Gasteiger partial charge in [-0.1, -0.05) is 0 Å². The van der Waals surface area contributed by atoms with Crippen LogP contribution in [0.25, 0.3) is 0 Å². The molecule has 76 valence electrons. The Kier molecular flexibility index (Phi) is 3.93. The molecule has 1 atom stereocenters. The molecule has 0 aromatic heterocycles. The molecule has 4 heteroatoms. The van der Waals surface area contributed by atoms with E-state index in [4.69, 9.17) is 12.2 Å². The fourth-order valence-electron chi connectivity index (χ4n) is 1.84. The van der Waals surface area contributed by atoms with E-state index in [9.17, 15) is 0 Å². The molecule has 3 nitrogen and oxygen atoms in total. The summed E-state index contributed by atoms with van der Waals surface area (Å²) in [6.07, 6.45) is 1.30. The number of nitrogens with zero attached hydrogens (tertiary/aromatic N) is 2. The summed E-state index contributed by atoms with van der Waals surface area (Å²) in [5, 5.41) is 3.84. The predicted octanol–water partition coefficient (Wildman–Crippen LogP) is 0.374. The monoisotopic (exact) mass is 201 g/mol. The number of thiocarbonyl (C=S) groups is 1. The van der Waals surface area contributed by atoms with Crippen LogP contribution in [0, 0.1) is 5.92 Å². The maximum Gasteiger partial charge on any atom is 0.168 e. The van der Waals surface area contributed by atoms with E-state index in [1.807, 2.05) is 7.05 Å². The number of nitrogens with one attached hydrogen (secondary N) is 1. The fraction of sp³-hybridized carbons (Fsp3) is 0.889. The third-order valence-corrected chi connectivity index (χ3v) is 3.10. The molecule has 0 bridgehead atoms. The standard InChI is InChI=1S/C9H19N3S/c1-10-9(13)12(3)7-8-4-5-11(2)6-8/h8H,4-7H2,1-3H3,(H,10,13). The zero-order chi connectivity index (χ0) is 9.84. The lowest BCUT2D eigenvalue weighted by Gasteiger charge is -2.22. The van der Waals surface area contributed by atoms with Crippen LogP contribution in [0.3, 0.4) is 0 Å². The highest BCUT2D eigenvalue weighted by molar-refractivity contribution is 7.80. The summed E-state index contributed by atoms with van der Waals surface area (Å²) >= 11 is 5.14. The van der Waals surface area contributed by atoms with Crippen LogP contribution in [-0.2, 0) is 0 Å². The van der Waals surface area contributed by atoms with Crippen molar-refractivity contribution in [3.05, 3.63) is 0 Å². The maximum atomic E-state index is 5.14. The van der Waals surface area contributed by atoms with Gasteiger partial charge in [-0.25, -0.2) is 0 Å². The molecule has 0 aromatic carbocycles. The van der Waals surface area contributed by atoms with E-state index in [2.05, 4.69) is 29.2 Å². The first-order chi connectivity index (χ1) is 6.13. The molecule has 0 saturated carbocycles. The van der Waals surface area contributed by atoms with Crippen molar-refractivity contribution in [1.82, 2.24) is 15.1 Å². The molecule has 1 aliphatic rings. The van der Waals surface area contributed by atoms with Crippen LogP contribution >= 0.6 is 12.2 Å². The van der Waals surface area contributed by atoms with Crippen molar-refractivity contribution >= 4 is 17.3 Å². The number of likely N-dealkylation sites (tertiary alicyclic amines) is 1. The Hall–Kier alpha value is -0.350. The van der Waals surface area contributed by atoms with Gasteiger partial charge in [-0.3, -0.25) is 0 Å². The van der Waals surface area contributed by atoms with Gasteiger partial charge >= 0.3 is 0 Å². The Morgan fingerprint density at radius 1 is 1.69 bits per heavy atom. The van der Waals surface area contributed by atoms with E-state index >= 15 is 0 Å². The van der Waals surface area contributed by atoms with Gasteiger partial charge in [0.1, 0.15) is 0 Å². The predicted molar refractivity (Wildman–Crippen MR) is 59.9 cm³/mol. The molecule has 1 fully saturated rings. The van der Waals surface area contributed by atoms with Crippen LogP contribution in [0.5, 0.6) is 0 Å². The molecular weight excluding hydrogens is 182 g/mol. The molecule has 0 spiro atoms. The highest BCUT2D eigenvalue weighted by Crippen LogP contribution is 2.14. The highest BCUT2D eigenvalue weighted by atomic mass is 32.1. The topological polar surface area (TPSA) is 18.5 Å². The van der Waals surface area contributed by atoms with Crippen LogP contribution in [0.15, 0.2) is 0 Å². The maximum absolute atomic E-state index is 5.14. The van der Waals surface area contributed by atoms with Gasteiger partial charge < -0.3 is 15.1 Å². The van der Waals surface area contributed by atoms with E-state index in [-0.39, 0.29) is 0 Å². The average molecular weight is 201 g/mol. The Morgan fingerprint density at radius 3 is 2.85 bits per heavy atom. The largest absolute Gasteiger partial charge is 0.366 e. The summed E-state index contributed by atoms with van der Waals surface area (Å²) in [7, 11) is 6.10. The van der Waals surface area contributed by atoms with E-state index in [1.54, 1.807) is 0 Å². The van der Waals surface area contributed by atoms with Gasteiger partial charge in [-0.2, -0.15) is 0 Å². The van der Waals surface area contributed by atoms with Crippen molar-refractivity contribution in [3.63, 3.8) is 0 Å².